The molecule has 1 saturated carbocycles. The molecule has 0 bridgehead atoms. The molecule has 0 aromatic heterocycles. The Labute approximate surface area is 133 Å². The molecule has 1 aliphatic heterocycles. The van der Waals surface area contributed by atoms with Crippen LogP contribution in [0.1, 0.15) is 73.6 Å². The molecule has 1 heterocycles. The van der Waals surface area contributed by atoms with Gasteiger partial charge in [0.15, 0.2) is 0 Å². The zero-order valence-electron chi connectivity index (χ0n) is 15.3. The Morgan fingerprint density at radius 2 is 1.81 bits per heavy atom. The third-order valence-electron chi connectivity index (χ3n) is 6.36. The van der Waals surface area contributed by atoms with E-state index in [-0.39, 0.29) is 0 Å². The fraction of sp³-hybridized carbons (Fsp3) is 1.00. The van der Waals surface area contributed by atoms with Crippen LogP contribution in [0.3, 0.4) is 0 Å². The van der Waals surface area contributed by atoms with Crippen molar-refractivity contribution in [3.8, 4) is 0 Å². The molecular weight excluding hydrogens is 256 g/mol. The van der Waals surface area contributed by atoms with Crippen LogP contribution in [-0.2, 0) is 0 Å². The number of nitrogens with zero attached hydrogens (tertiary/aromatic N) is 1. The fourth-order valence-electron chi connectivity index (χ4n) is 4.64. The summed E-state index contributed by atoms with van der Waals surface area (Å²) >= 11 is 0. The van der Waals surface area contributed by atoms with E-state index in [0.717, 1.165) is 30.5 Å². The lowest BCUT2D eigenvalue weighted by atomic mass is 9.68. The van der Waals surface area contributed by atoms with E-state index in [9.17, 15) is 0 Å². The summed E-state index contributed by atoms with van der Waals surface area (Å²) in [5.74, 6) is 1.73. The van der Waals surface area contributed by atoms with Crippen LogP contribution in [-0.4, -0.2) is 36.1 Å². The molecule has 0 spiro atoms. The van der Waals surface area contributed by atoms with Crippen LogP contribution in [0.2, 0.25) is 0 Å². The first kappa shape index (κ1) is 17.3. The number of rotatable bonds is 3. The molecular formula is C19H38N2. The molecule has 5 atom stereocenters. The first-order valence-corrected chi connectivity index (χ1v) is 9.33. The highest BCUT2D eigenvalue weighted by Gasteiger charge is 2.41. The summed E-state index contributed by atoms with van der Waals surface area (Å²) in [6.45, 7) is 16.9. The predicted molar refractivity (Wildman–Crippen MR) is 92.6 cm³/mol. The molecule has 2 aliphatic rings. The minimum Gasteiger partial charge on any atom is -0.313 e. The molecule has 0 aromatic rings. The highest BCUT2D eigenvalue weighted by atomic mass is 15.2. The molecule has 2 fully saturated rings. The van der Waals surface area contributed by atoms with Crippen LogP contribution in [0.25, 0.3) is 0 Å². The third-order valence-corrected chi connectivity index (χ3v) is 6.36. The minimum atomic E-state index is 0.458. The monoisotopic (exact) mass is 294 g/mol. The minimum absolute atomic E-state index is 0.458. The van der Waals surface area contributed by atoms with Crippen molar-refractivity contribution in [2.45, 2.75) is 91.8 Å². The van der Waals surface area contributed by atoms with E-state index >= 15 is 0 Å². The van der Waals surface area contributed by atoms with Gasteiger partial charge in [-0.2, -0.15) is 0 Å². The second-order valence-electron chi connectivity index (χ2n) is 8.71. The van der Waals surface area contributed by atoms with Gasteiger partial charge < -0.3 is 5.32 Å². The van der Waals surface area contributed by atoms with E-state index in [1.165, 1.54) is 38.6 Å². The summed E-state index contributed by atoms with van der Waals surface area (Å²) in [6, 6.07) is 2.21. The average Bonchev–Trinajstić information content (AvgIpc) is 2.42. The van der Waals surface area contributed by atoms with Crippen molar-refractivity contribution in [3.63, 3.8) is 0 Å². The van der Waals surface area contributed by atoms with Gasteiger partial charge in [-0.15, -0.1) is 0 Å². The zero-order chi connectivity index (χ0) is 15.6. The van der Waals surface area contributed by atoms with Crippen molar-refractivity contribution in [2.75, 3.05) is 13.1 Å². The Balaban J connectivity index is 2.13. The Hall–Kier alpha value is -0.0800. The topological polar surface area (TPSA) is 15.3 Å². The van der Waals surface area contributed by atoms with Crippen LogP contribution < -0.4 is 5.32 Å². The van der Waals surface area contributed by atoms with Gasteiger partial charge in [-0.3, -0.25) is 4.90 Å². The molecule has 1 aliphatic carbocycles. The summed E-state index contributed by atoms with van der Waals surface area (Å²) in [6.07, 6.45) is 6.95. The molecule has 2 nitrogen and oxygen atoms in total. The standard InChI is InChI=1S/C19H38N2/c1-7-20-17-11-10-16(19(4,5)6)13-18(17)21-12-8-9-14(2)15(21)3/h14-18,20H,7-13H2,1-6H3. The van der Waals surface area contributed by atoms with Crippen molar-refractivity contribution < 1.29 is 0 Å². The molecule has 2 heteroatoms. The van der Waals surface area contributed by atoms with E-state index in [2.05, 4.69) is 51.8 Å². The number of hydrogen-bond acceptors (Lipinski definition) is 2. The Morgan fingerprint density at radius 1 is 1.10 bits per heavy atom. The Morgan fingerprint density at radius 3 is 2.43 bits per heavy atom. The van der Waals surface area contributed by atoms with Gasteiger partial charge in [0, 0.05) is 18.1 Å². The smallest absolute Gasteiger partial charge is 0.0255 e. The average molecular weight is 295 g/mol. The number of likely N-dealkylation sites (tertiary alicyclic amines) is 1. The first-order valence-electron chi connectivity index (χ1n) is 9.33. The lowest BCUT2D eigenvalue weighted by molar-refractivity contribution is 0.00357. The van der Waals surface area contributed by atoms with Gasteiger partial charge >= 0.3 is 0 Å². The van der Waals surface area contributed by atoms with Gasteiger partial charge in [-0.25, -0.2) is 0 Å². The van der Waals surface area contributed by atoms with Crippen molar-refractivity contribution in [1.29, 1.82) is 0 Å². The van der Waals surface area contributed by atoms with Gasteiger partial charge in [-0.05, 0) is 69.4 Å². The molecule has 5 unspecified atom stereocenters. The van der Waals surface area contributed by atoms with Crippen molar-refractivity contribution in [2.24, 2.45) is 17.3 Å². The first-order chi connectivity index (χ1) is 9.84. The van der Waals surface area contributed by atoms with E-state index in [1.54, 1.807) is 0 Å². The third kappa shape index (κ3) is 4.01. The number of hydrogen-bond donors (Lipinski definition) is 1. The second kappa shape index (κ2) is 7.00. The molecule has 1 saturated heterocycles. The Kier molecular flexibility index (Phi) is 5.76. The van der Waals surface area contributed by atoms with Gasteiger partial charge in [0.2, 0.25) is 0 Å². The maximum absolute atomic E-state index is 3.80. The lowest BCUT2D eigenvalue weighted by Crippen LogP contribution is -2.59. The summed E-state index contributed by atoms with van der Waals surface area (Å²) < 4.78 is 0. The number of piperidine rings is 1. The van der Waals surface area contributed by atoms with Crippen molar-refractivity contribution >= 4 is 0 Å². The quantitative estimate of drug-likeness (QED) is 0.835. The molecule has 2 rings (SSSR count). The van der Waals surface area contributed by atoms with E-state index in [4.69, 9.17) is 0 Å². The van der Waals surface area contributed by atoms with E-state index < -0.39 is 0 Å². The van der Waals surface area contributed by atoms with Crippen molar-refractivity contribution in [1.82, 2.24) is 10.2 Å². The van der Waals surface area contributed by atoms with Crippen molar-refractivity contribution in [3.05, 3.63) is 0 Å². The highest BCUT2D eigenvalue weighted by molar-refractivity contribution is 4.97. The van der Waals surface area contributed by atoms with Crippen LogP contribution in [0.4, 0.5) is 0 Å². The maximum atomic E-state index is 3.80. The largest absolute Gasteiger partial charge is 0.313 e. The molecule has 0 aromatic carbocycles. The number of likely N-dealkylation sites (N-methyl/N-ethyl adjacent to an activating group) is 1. The summed E-state index contributed by atoms with van der Waals surface area (Å²) in [5.41, 5.74) is 0.458. The molecule has 1 N–H and O–H groups in total. The second-order valence-corrected chi connectivity index (χ2v) is 8.71. The van der Waals surface area contributed by atoms with Gasteiger partial charge in [-0.1, -0.05) is 34.6 Å². The molecule has 124 valence electrons. The fourth-order valence-corrected chi connectivity index (χ4v) is 4.64. The van der Waals surface area contributed by atoms with Crippen LogP contribution in [0.5, 0.6) is 0 Å². The molecule has 21 heavy (non-hydrogen) atoms. The zero-order valence-corrected chi connectivity index (χ0v) is 15.3. The lowest BCUT2D eigenvalue weighted by Gasteiger charge is -2.51. The van der Waals surface area contributed by atoms with E-state index in [0.29, 0.717) is 11.5 Å². The van der Waals surface area contributed by atoms with Crippen LogP contribution in [0.15, 0.2) is 0 Å². The van der Waals surface area contributed by atoms with E-state index in [1.807, 2.05) is 0 Å². The SMILES string of the molecule is CCNC1CCC(C(C)(C)C)CC1N1CCCC(C)C1C. The maximum Gasteiger partial charge on any atom is 0.0255 e. The summed E-state index contributed by atoms with van der Waals surface area (Å²) in [4.78, 5) is 2.86. The van der Waals surface area contributed by atoms with Gasteiger partial charge in [0.1, 0.15) is 0 Å². The summed E-state index contributed by atoms with van der Waals surface area (Å²) in [7, 11) is 0. The normalized spacial score (nSPS) is 39.4. The van der Waals surface area contributed by atoms with Crippen LogP contribution >= 0.6 is 0 Å². The highest BCUT2D eigenvalue weighted by Crippen LogP contribution is 2.41. The van der Waals surface area contributed by atoms with Gasteiger partial charge in [0.25, 0.3) is 0 Å². The molecule has 0 amide bonds. The number of nitrogens with one attached hydrogen (secondary N) is 1. The predicted octanol–water partition coefficient (Wildman–Crippen LogP) is 4.30. The van der Waals surface area contributed by atoms with Gasteiger partial charge in [0.05, 0.1) is 0 Å². The summed E-state index contributed by atoms with van der Waals surface area (Å²) in [5, 5.41) is 3.80. The molecule has 0 radical (unpaired) electrons. The Bertz CT molecular complexity index is 320. The van der Waals surface area contributed by atoms with Crippen LogP contribution in [0, 0.1) is 17.3 Å².